The normalized spacial score (nSPS) is 10.2. The molecule has 0 aliphatic heterocycles. The number of hydrogen-bond acceptors (Lipinski definition) is 5. The molecule has 1 heterocycles. The van der Waals surface area contributed by atoms with Gasteiger partial charge in [-0.1, -0.05) is 17.7 Å². The van der Waals surface area contributed by atoms with Crippen LogP contribution < -0.4 is 10.0 Å². The Kier molecular flexibility index (Phi) is 5.30. The SMILES string of the molecule is O=C(Nc1cccc(SNc2ccc(Cl)cc2)c1)c1cnccn1. The van der Waals surface area contributed by atoms with Gasteiger partial charge in [-0.15, -0.1) is 0 Å². The third-order valence-corrected chi connectivity index (χ3v) is 4.10. The van der Waals surface area contributed by atoms with Gasteiger partial charge in [0.25, 0.3) is 5.91 Å². The summed E-state index contributed by atoms with van der Waals surface area (Å²) >= 11 is 7.31. The molecular formula is C17H13ClN4OS. The number of benzene rings is 2. The van der Waals surface area contributed by atoms with Crippen molar-refractivity contribution in [3.8, 4) is 0 Å². The van der Waals surface area contributed by atoms with Gasteiger partial charge in [0.2, 0.25) is 0 Å². The summed E-state index contributed by atoms with van der Waals surface area (Å²) in [6, 6.07) is 15.0. The van der Waals surface area contributed by atoms with Crippen LogP contribution >= 0.6 is 23.5 Å². The van der Waals surface area contributed by atoms with Crippen LogP contribution in [0.25, 0.3) is 0 Å². The number of amides is 1. The number of carbonyl (C=O) groups is 1. The van der Waals surface area contributed by atoms with Crippen molar-refractivity contribution in [1.82, 2.24) is 9.97 Å². The molecule has 7 heteroatoms. The lowest BCUT2D eigenvalue weighted by Crippen LogP contribution is -2.13. The monoisotopic (exact) mass is 356 g/mol. The molecule has 0 aliphatic carbocycles. The fourth-order valence-corrected chi connectivity index (χ4v) is 2.71. The van der Waals surface area contributed by atoms with E-state index in [0.29, 0.717) is 10.7 Å². The molecule has 0 spiro atoms. The van der Waals surface area contributed by atoms with Crippen LogP contribution in [-0.4, -0.2) is 15.9 Å². The van der Waals surface area contributed by atoms with Gasteiger partial charge in [0.15, 0.2) is 0 Å². The van der Waals surface area contributed by atoms with Gasteiger partial charge in [-0.3, -0.25) is 9.78 Å². The van der Waals surface area contributed by atoms with E-state index in [1.165, 1.54) is 30.5 Å². The van der Waals surface area contributed by atoms with E-state index < -0.39 is 0 Å². The van der Waals surface area contributed by atoms with Crippen molar-refractivity contribution in [2.75, 3.05) is 10.0 Å². The van der Waals surface area contributed by atoms with E-state index in [1.807, 2.05) is 48.5 Å². The van der Waals surface area contributed by atoms with E-state index in [2.05, 4.69) is 20.0 Å². The van der Waals surface area contributed by atoms with Crippen molar-refractivity contribution in [3.63, 3.8) is 0 Å². The van der Waals surface area contributed by atoms with E-state index in [0.717, 1.165) is 10.6 Å². The second kappa shape index (κ2) is 7.81. The molecule has 0 aliphatic rings. The molecule has 5 nitrogen and oxygen atoms in total. The van der Waals surface area contributed by atoms with Crippen LogP contribution in [-0.2, 0) is 0 Å². The van der Waals surface area contributed by atoms with Crippen LogP contribution in [0.2, 0.25) is 5.02 Å². The van der Waals surface area contributed by atoms with Crippen LogP contribution in [0.4, 0.5) is 11.4 Å². The zero-order valence-electron chi connectivity index (χ0n) is 12.4. The Morgan fingerprint density at radius 2 is 1.88 bits per heavy atom. The number of aromatic nitrogens is 2. The van der Waals surface area contributed by atoms with Crippen LogP contribution in [0, 0.1) is 0 Å². The molecule has 3 aromatic rings. The summed E-state index contributed by atoms with van der Waals surface area (Å²) in [5.41, 5.74) is 1.90. The summed E-state index contributed by atoms with van der Waals surface area (Å²) < 4.78 is 3.22. The third kappa shape index (κ3) is 4.47. The molecule has 0 bridgehead atoms. The zero-order chi connectivity index (χ0) is 16.8. The number of nitrogens with one attached hydrogen (secondary N) is 2. The van der Waals surface area contributed by atoms with Crippen molar-refractivity contribution >= 4 is 40.8 Å². The highest BCUT2D eigenvalue weighted by Gasteiger charge is 2.07. The van der Waals surface area contributed by atoms with Gasteiger partial charge in [-0.2, -0.15) is 0 Å². The molecule has 2 aromatic carbocycles. The minimum absolute atomic E-state index is 0.273. The lowest BCUT2D eigenvalue weighted by atomic mass is 10.3. The summed E-state index contributed by atoms with van der Waals surface area (Å²) in [7, 11) is 0. The summed E-state index contributed by atoms with van der Waals surface area (Å²) in [6.45, 7) is 0. The maximum atomic E-state index is 12.1. The van der Waals surface area contributed by atoms with Crippen molar-refractivity contribution in [2.24, 2.45) is 0 Å². The lowest BCUT2D eigenvalue weighted by Gasteiger charge is -2.08. The Bertz CT molecular complexity index is 828. The molecule has 0 radical (unpaired) electrons. The second-order valence-electron chi connectivity index (χ2n) is 4.78. The Morgan fingerprint density at radius 3 is 2.62 bits per heavy atom. The lowest BCUT2D eigenvalue weighted by molar-refractivity contribution is 0.102. The van der Waals surface area contributed by atoms with E-state index in [9.17, 15) is 4.79 Å². The highest BCUT2D eigenvalue weighted by atomic mass is 35.5. The largest absolute Gasteiger partial charge is 0.326 e. The first-order chi connectivity index (χ1) is 11.7. The number of hydrogen-bond donors (Lipinski definition) is 2. The molecule has 0 saturated carbocycles. The average molecular weight is 357 g/mol. The highest BCUT2D eigenvalue weighted by molar-refractivity contribution is 8.00. The third-order valence-electron chi connectivity index (χ3n) is 3.02. The summed E-state index contributed by atoms with van der Waals surface area (Å²) in [6.07, 6.45) is 4.43. The van der Waals surface area contributed by atoms with E-state index in [4.69, 9.17) is 11.6 Å². The predicted octanol–water partition coefficient (Wildman–Crippen LogP) is 4.50. The first-order valence-corrected chi connectivity index (χ1v) is 8.26. The molecule has 1 aromatic heterocycles. The first kappa shape index (κ1) is 16.3. The van der Waals surface area contributed by atoms with Crippen LogP contribution in [0.1, 0.15) is 10.5 Å². The molecule has 2 N–H and O–H groups in total. The van der Waals surface area contributed by atoms with Crippen molar-refractivity contribution < 1.29 is 4.79 Å². The molecule has 1 amide bonds. The van der Waals surface area contributed by atoms with Crippen molar-refractivity contribution in [2.45, 2.75) is 4.90 Å². The first-order valence-electron chi connectivity index (χ1n) is 7.06. The fraction of sp³-hybridized carbons (Fsp3) is 0. The Labute approximate surface area is 148 Å². The topological polar surface area (TPSA) is 66.9 Å². The van der Waals surface area contributed by atoms with Gasteiger partial charge in [0, 0.05) is 33.7 Å². The fourth-order valence-electron chi connectivity index (χ4n) is 1.88. The van der Waals surface area contributed by atoms with Gasteiger partial charge in [0.1, 0.15) is 5.69 Å². The number of nitrogens with zero attached hydrogens (tertiary/aromatic N) is 2. The number of carbonyl (C=O) groups excluding carboxylic acids is 1. The number of rotatable bonds is 5. The van der Waals surface area contributed by atoms with E-state index in [1.54, 1.807) is 0 Å². The van der Waals surface area contributed by atoms with Gasteiger partial charge in [0.05, 0.1) is 6.20 Å². The molecule has 3 rings (SSSR count). The van der Waals surface area contributed by atoms with Crippen molar-refractivity contribution in [3.05, 3.63) is 77.8 Å². The Morgan fingerprint density at radius 1 is 1.04 bits per heavy atom. The summed E-state index contributed by atoms with van der Waals surface area (Å²) in [5, 5.41) is 3.50. The molecule has 0 atom stereocenters. The zero-order valence-corrected chi connectivity index (χ0v) is 14.0. The molecule has 24 heavy (non-hydrogen) atoms. The quantitative estimate of drug-likeness (QED) is 0.659. The average Bonchev–Trinajstić information content (AvgIpc) is 2.62. The van der Waals surface area contributed by atoms with Crippen LogP contribution in [0.5, 0.6) is 0 Å². The minimum atomic E-state index is -0.295. The minimum Gasteiger partial charge on any atom is -0.326 e. The van der Waals surface area contributed by atoms with Crippen LogP contribution in [0.3, 0.4) is 0 Å². The summed E-state index contributed by atoms with van der Waals surface area (Å²) in [5.74, 6) is -0.295. The van der Waals surface area contributed by atoms with Gasteiger partial charge < -0.3 is 10.0 Å². The molecule has 0 fully saturated rings. The van der Waals surface area contributed by atoms with Gasteiger partial charge in [-0.25, -0.2) is 4.98 Å². The van der Waals surface area contributed by atoms with Crippen molar-refractivity contribution in [1.29, 1.82) is 0 Å². The Hall–Kier alpha value is -2.57. The maximum absolute atomic E-state index is 12.1. The molecule has 0 saturated heterocycles. The molecule has 120 valence electrons. The maximum Gasteiger partial charge on any atom is 0.275 e. The smallest absolute Gasteiger partial charge is 0.275 e. The molecule has 0 unspecified atom stereocenters. The van der Waals surface area contributed by atoms with E-state index in [-0.39, 0.29) is 11.6 Å². The van der Waals surface area contributed by atoms with Gasteiger partial charge >= 0.3 is 0 Å². The second-order valence-corrected chi connectivity index (χ2v) is 6.10. The van der Waals surface area contributed by atoms with Gasteiger partial charge in [-0.05, 0) is 54.4 Å². The number of halogens is 1. The summed E-state index contributed by atoms with van der Waals surface area (Å²) in [4.78, 5) is 20.9. The standard InChI is InChI=1S/C17H13ClN4OS/c18-12-4-6-13(7-5-12)22-24-15-3-1-2-14(10-15)21-17(23)16-11-19-8-9-20-16/h1-11,22H,(H,21,23). The Balaban J connectivity index is 1.63. The predicted molar refractivity (Wildman–Crippen MR) is 97.4 cm³/mol. The highest BCUT2D eigenvalue weighted by Crippen LogP contribution is 2.24. The van der Waals surface area contributed by atoms with E-state index >= 15 is 0 Å². The molecular weight excluding hydrogens is 344 g/mol. The van der Waals surface area contributed by atoms with Crippen LogP contribution in [0.15, 0.2) is 72.0 Å². The number of anilines is 2.